The Morgan fingerprint density at radius 3 is 2.54 bits per heavy atom. The van der Waals surface area contributed by atoms with Gasteiger partial charge in [-0.05, 0) is 31.2 Å². The Labute approximate surface area is 162 Å². The number of hydrogen-bond acceptors (Lipinski definition) is 2. The van der Waals surface area contributed by atoms with Crippen LogP contribution in [0, 0.1) is 0 Å². The Kier molecular flexibility index (Phi) is 5.64. The third kappa shape index (κ3) is 3.92. The second kappa shape index (κ2) is 7.94. The zero-order chi connectivity index (χ0) is 18.7. The number of carbonyl (C=O) groups excluding carboxylic acids is 1. The molecule has 3 aromatic rings. The average Bonchev–Trinajstić information content (AvgIpc) is 2.95. The van der Waals surface area contributed by atoms with Gasteiger partial charge < -0.3 is 9.88 Å². The Balaban J connectivity index is 1.92. The summed E-state index contributed by atoms with van der Waals surface area (Å²) in [6, 6.07) is 13.4. The summed E-state index contributed by atoms with van der Waals surface area (Å²) in [4.78, 5) is 16.4. The van der Waals surface area contributed by atoms with Crippen molar-refractivity contribution in [1.82, 2.24) is 14.9 Å². The van der Waals surface area contributed by atoms with Crippen LogP contribution in [-0.4, -0.2) is 22.0 Å². The van der Waals surface area contributed by atoms with E-state index in [2.05, 4.69) is 16.5 Å². The molecule has 1 N–H and O–H groups in total. The zero-order valence-corrected chi connectivity index (χ0v) is 15.9. The predicted molar refractivity (Wildman–Crippen MR) is 107 cm³/mol. The van der Waals surface area contributed by atoms with E-state index in [1.54, 1.807) is 6.92 Å². The monoisotopic (exact) mass is 387 g/mol. The smallest absolute Gasteiger partial charge is 0.246 e. The molecular formula is C20H19Cl2N3O. The second-order valence-electron chi connectivity index (χ2n) is 6.09. The largest absolute Gasteiger partial charge is 0.352 e. The van der Waals surface area contributed by atoms with Gasteiger partial charge in [-0.1, -0.05) is 48.0 Å². The first kappa shape index (κ1) is 18.5. The summed E-state index contributed by atoms with van der Waals surface area (Å²) in [5, 5.41) is 4.09. The van der Waals surface area contributed by atoms with E-state index < -0.39 is 0 Å². The standard InChI is InChI=1S/C20H19Cl2N3O/c1-13(2)20(26)23-11-10-19-24-17-8-3-4-9-18(17)25(19)12-14-15(21)6-5-7-16(14)22/h3-9H,1,10-12H2,2H3,(H,23,26). The summed E-state index contributed by atoms with van der Waals surface area (Å²) in [5.74, 6) is 0.714. The van der Waals surface area contributed by atoms with Gasteiger partial charge in [-0.3, -0.25) is 4.79 Å². The first-order valence-electron chi connectivity index (χ1n) is 8.28. The zero-order valence-electron chi connectivity index (χ0n) is 14.4. The number of imidazole rings is 1. The van der Waals surface area contributed by atoms with Gasteiger partial charge in [0.1, 0.15) is 5.82 Å². The number of hydrogen-bond donors (Lipinski definition) is 1. The third-order valence-electron chi connectivity index (χ3n) is 4.13. The van der Waals surface area contributed by atoms with Crippen molar-refractivity contribution in [2.24, 2.45) is 0 Å². The predicted octanol–water partition coefficient (Wildman–Crippen LogP) is 4.63. The molecule has 6 heteroatoms. The van der Waals surface area contributed by atoms with E-state index in [0.29, 0.717) is 35.1 Å². The van der Waals surface area contributed by atoms with Crippen LogP contribution >= 0.6 is 23.2 Å². The molecule has 0 fully saturated rings. The molecule has 1 amide bonds. The molecule has 3 rings (SSSR count). The van der Waals surface area contributed by atoms with Crippen molar-refractivity contribution in [2.45, 2.75) is 19.9 Å². The molecule has 2 aromatic carbocycles. The maximum absolute atomic E-state index is 11.7. The molecule has 0 aliphatic heterocycles. The van der Waals surface area contributed by atoms with Crippen LogP contribution in [0.1, 0.15) is 18.3 Å². The normalized spacial score (nSPS) is 10.9. The molecule has 0 saturated heterocycles. The van der Waals surface area contributed by atoms with E-state index in [1.165, 1.54) is 0 Å². The minimum Gasteiger partial charge on any atom is -0.352 e. The van der Waals surface area contributed by atoms with Gasteiger partial charge in [0.05, 0.1) is 17.6 Å². The molecule has 4 nitrogen and oxygen atoms in total. The van der Waals surface area contributed by atoms with E-state index in [9.17, 15) is 4.79 Å². The van der Waals surface area contributed by atoms with E-state index >= 15 is 0 Å². The fourth-order valence-electron chi connectivity index (χ4n) is 2.77. The maximum Gasteiger partial charge on any atom is 0.246 e. The van der Waals surface area contributed by atoms with Crippen LogP contribution in [0.25, 0.3) is 11.0 Å². The lowest BCUT2D eigenvalue weighted by Gasteiger charge is -2.12. The molecule has 0 bridgehead atoms. The highest BCUT2D eigenvalue weighted by Crippen LogP contribution is 2.27. The number of amides is 1. The number of benzene rings is 2. The van der Waals surface area contributed by atoms with Crippen molar-refractivity contribution in [3.05, 3.63) is 76.0 Å². The number of para-hydroxylation sites is 2. The molecule has 0 radical (unpaired) electrons. The van der Waals surface area contributed by atoms with Crippen LogP contribution in [0.15, 0.2) is 54.6 Å². The molecule has 0 aliphatic carbocycles. The van der Waals surface area contributed by atoms with Crippen molar-refractivity contribution in [1.29, 1.82) is 0 Å². The van der Waals surface area contributed by atoms with E-state index in [-0.39, 0.29) is 5.91 Å². The summed E-state index contributed by atoms with van der Waals surface area (Å²) >= 11 is 12.7. The molecule has 0 spiro atoms. The van der Waals surface area contributed by atoms with E-state index in [4.69, 9.17) is 28.2 Å². The fourth-order valence-corrected chi connectivity index (χ4v) is 3.29. The number of nitrogens with one attached hydrogen (secondary N) is 1. The molecule has 0 unspecified atom stereocenters. The highest BCUT2D eigenvalue weighted by Gasteiger charge is 2.14. The quantitative estimate of drug-likeness (QED) is 0.626. The molecular weight excluding hydrogens is 369 g/mol. The Morgan fingerprint density at radius 2 is 1.85 bits per heavy atom. The molecule has 0 atom stereocenters. The highest BCUT2D eigenvalue weighted by molar-refractivity contribution is 6.36. The molecule has 1 heterocycles. The topological polar surface area (TPSA) is 46.9 Å². The third-order valence-corrected chi connectivity index (χ3v) is 4.84. The first-order valence-corrected chi connectivity index (χ1v) is 9.03. The summed E-state index contributed by atoms with van der Waals surface area (Å²) in [6.45, 7) is 6.32. The van der Waals surface area contributed by atoms with Gasteiger partial charge in [0.25, 0.3) is 0 Å². The van der Waals surface area contributed by atoms with Crippen molar-refractivity contribution < 1.29 is 4.79 Å². The highest BCUT2D eigenvalue weighted by atomic mass is 35.5. The van der Waals surface area contributed by atoms with Crippen molar-refractivity contribution in [3.8, 4) is 0 Å². The number of fused-ring (bicyclic) bond motifs is 1. The minimum absolute atomic E-state index is 0.151. The molecule has 134 valence electrons. The van der Waals surface area contributed by atoms with Gasteiger partial charge in [-0.15, -0.1) is 0 Å². The summed E-state index contributed by atoms with van der Waals surface area (Å²) in [7, 11) is 0. The average molecular weight is 388 g/mol. The SMILES string of the molecule is C=C(C)C(=O)NCCc1nc2ccccc2n1Cc1c(Cl)cccc1Cl. The lowest BCUT2D eigenvalue weighted by atomic mass is 10.2. The van der Waals surface area contributed by atoms with Crippen LogP contribution < -0.4 is 5.32 Å². The van der Waals surface area contributed by atoms with Gasteiger partial charge in [-0.25, -0.2) is 4.98 Å². The Hall–Kier alpha value is -2.30. The lowest BCUT2D eigenvalue weighted by molar-refractivity contribution is -0.117. The van der Waals surface area contributed by atoms with Gasteiger partial charge in [0.15, 0.2) is 0 Å². The van der Waals surface area contributed by atoms with Gasteiger partial charge in [0, 0.05) is 34.1 Å². The molecule has 26 heavy (non-hydrogen) atoms. The first-order chi connectivity index (χ1) is 12.5. The van der Waals surface area contributed by atoms with Crippen LogP contribution in [0.4, 0.5) is 0 Å². The maximum atomic E-state index is 11.7. The van der Waals surface area contributed by atoms with Crippen LogP contribution in [0.5, 0.6) is 0 Å². The van der Waals surface area contributed by atoms with Crippen LogP contribution in [0.3, 0.4) is 0 Å². The van der Waals surface area contributed by atoms with Crippen molar-refractivity contribution in [3.63, 3.8) is 0 Å². The summed E-state index contributed by atoms with van der Waals surface area (Å²) in [5.41, 5.74) is 3.24. The minimum atomic E-state index is -0.151. The number of aromatic nitrogens is 2. The van der Waals surface area contributed by atoms with Crippen LogP contribution in [0.2, 0.25) is 10.0 Å². The lowest BCUT2D eigenvalue weighted by Crippen LogP contribution is -2.26. The fraction of sp³-hybridized carbons (Fsp3) is 0.200. The van der Waals surface area contributed by atoms with Crippen molar-refractivity contribution in [2.75, 3.05) is 6.54 Å². The van der Waals surface area contributed by atoms with Crippen molar-refractivity contribution >= 4 is 40.1 Å². The molecule has 0 saturated carbocycles. The summed E-state index contributed by atoms with van der Waals surface area (Å²) < 4.78 is 2.09. The van der Waals surface area contributed by atoms with Crippen LogP contribution in [-0.2, 0) is 17.8 Å². The number of carbonyl (C=O) groups is 1. The van der Waals surface area contributed by atoms with E-state index in [0.717, 1.165) is 22.4 Å². The summed E-state index contributed by atoms with van der Waals surface area (Å²) in [6.07, 6.45) is 0.593. The number of nitrogens with zero attached hydrogens (tertiary/aromatic N) is 2. The van der Waals surface area contributed by atoms with Gasteiger partial charge >= 0.3 is 0 Å². The van der Waals surface area contributed by atoms with E-state index in [1.807, 2.05) is 42.5 Å². The number of halogens is 2. The Bertz CT molecular complexity index is 958. The molecule has 0 aliphatic rings. The second-order valence-corrected chi connectivity index (χ2v) is 6.90. The van der Waals surface area contributed by atoms with Gasteiger partial charge in [-0.2, -0.15) is 0 Å². The number of rotatable bonds is 6. The Morgan fingerprint density at radius 1 is 1.15 bits per heavy atom. The van der Waals surface area contributed by atoms with Gasteiger partial charge in [0.2, 0.25) is 5.91 Å². The molecule has 1 aromatic heterocycles.